The minimum atomic E-state index is -1.86. The standard InChI is InChI=1S/C20H41N4P/c1-5-13-21(14-6-1)25(22-15-7-2-8-16-22,23-17-9-3-10-18-23)24-19-11-4-12-20-24/h25H,1-20H2. The van der Waals surface area contributed by atoms with E-state index in [1.807, 2.05) is 0 Å². The van der Waals surface area contributed by atoms with Gasteiger partial charge in [0.05, 0.1) is 0 Å². The molecule has 4 heterocycles. The first-order valence-corrected chi connectivity index (χ1v) is 13.2. The first kappa shape index (κ1) is 18.6. The zero-order valence-corrected chi connectivity index (χ0v) is 17.4. The second-order valence-corrected chi connectivity index (χ2v) is 12.5. The van der Waals surface area contributed by atoms with Crippen LogP contribution in [0.15, 0.2) is 0 Å². The SMILES string of the molecule is C1CCN([PH](N2CCCCC2)(N2CCCCC2)N2CCCCC2)CC1. The second kappa shape index (κ2) is 8.97. The van der Waals surface area contributed by atoms with Gasteiger partial charge < -0.3 is 0 Å². The molecule has 4 rings (SSSR count). The van der Waals surface area contributed by atoms with Gasteiger partial charge >= 0.3 is 156 Å². The van der Waals surface area contributed by atoms with E-state index in [1.165, 1.54) is 129 Å². The predicted octanol–water partition coefficient (Wildman–Crippen LogP) is 4.34. The molecule has 0 N–H and O–H groups in total. The van der Waals surface area contributed by atoms with Crippen molar-refractivity contribution in [2.45, 2.75) is 77.0 Å². The van der Waals surface area contributed by atoms with Crippen LogP contribution >= 0.6 is 7.87 Å². The summed E-state index contributed by atoms with van der Waals surface area (Å²) in [7, 11) is -1.86. The predicted molar refractivity (Wildman–Crippen MR) is 110 cm³/mol. The molecule has 0 saturated carbocycles. The Kier molecular flexibility index (Phi) is 6.68. The Morgan fingerprint density at radius 3 is 0.680 bits per heavy atom. The van der Waals surface area contributed by atoms with Crippen LogP contribution in [0.2, 0.25) is 0 Å². The van der Waals surface area contributed by atoms with Gasteiger partial charge in [-0.15, -0.1) is 0 Å². The summed E-state index contributed by atoms with van der Waals surface area (Å²) in [4.78, 5) is 0. The number of hydrogen-bond acceptors (Lipinski definition) is 4. The van der Waals surface area contributed by atoms with Gasteiger partial charge in [0.15, 0.2) is 0 Å². The maximum absolute atomic E-state index is 3.07. The summed E-state index contributed by atoms with van der Waals surface area (Å²) in [6.45, 7) is 11.0. The van der Waals surface area contributed by atoms with Crippen LogP contribution in [0, 0.1) is 0 Å². The van der Waals surface area contributed by atoms with Crippen LogP contribution in [-0.4, -0.2) is 71.0 Å². The third-order valence-corrected chi connectivity index (χ3v) is 12.3. The molecule has 0 atom stereocenters. The number of piperidine rings is 4. The number of nitrogens with zero attached hydrogens (tertiary/aromatic N) is 4. The Hall–Kier alpha value is 0.270. The Morgan fingerprint density at radius 2 is 0.480 bits per heavy atom. The Balaban J connectivity index is 1.70. The van der Waals surface area contributed by atoms with Crippen LogP contribution in [0.25, 0.3) is 0 Å². The van der Waals surface area contributed by atoms with Crippen molar-refractivity contribution >= 4 is 7.87 Å². The van der Waals surface area contributed by atoms with Crippen molar-refractivity contribution in [2.75, 3.05) is 52.4 Å². The zero-order valence-electron chi connectivity index (χ0n) is 16.4. The van der Waals surface area contributed by atoms with E-state index in [2.05, 4.69) is 18.7 Å². The Labute approximate surface area is 156 Å². The van der Waals surface area contributed by atoms with Crippen molar-refractivity contribution in [3.05, 3.63) is 0 Å². The summed E-state index contributed by atoms with van der Waals surface area (Å²) in [6, 6.07) is 0. The van der Waals surface area contributed by atoms with Gasteiger partial charge in [0.1, 0.15) is 0 Å². The van der Waals surface area contributed by atoms with E-state index in [4.69, 9.17) is 0 Å². The maximum atomic E-state index is 3.07. The number of rotatable bonds is 4. The van der Waals surface area contributed by atoms with Crippen LogP contribution in [0.1, 0.15) is 77.0 Å². The second-order valence-electron chi connectivity index (χ2n) is 8.79. The molecule has 0 radical (unpaired) electrons. The summed E-state index contributed by atoms with van der Waals surface area (Å²) in [5.41, 5.74) is 0. The summed E-state index contributed by atoms with van der Waals surface area (Å²) < 4.78 is 12.3. The molecule has 4 aliphatic heterocycles. The third-order valence-electron chi connectivity index (χ3n) is 7.12. The average molecular weight is 369 g/mol. The Bertz CT molecular complexity index is 317. The van der Waals surface area contributed by atoms with Crippen molar-refractivity contribution in [1.82, 2.24) is 18.7 Å². The van der Waals surface area contributed by atoms with Crippen molar-refractivity contribution in [3.8, 4) is 0 Å². The van der Waals surface area contributed by atoms with E-state index < -0.39 is 7.87 Å². The molecule has 0 aromatic carbocycles. The molecule has 0 aromatic heterocycles. The van der Waals surface area contributed by atoms with E-state index in [9.17, 15) is 0 Å². The van der Waals surface area contributed by atoms with Crippen molar-refractivity contribution in [1.29, 1.82) is 0 Å². The molecule has 0 bridgehead atoms. The van der Waals surface area contributed by atoms with Gasteiger partial charge in [-0.05, 0) is 0 Å². The first-order valence-electron chi connectivity index (χ1n) is 11.4. The molecule has 146 valence electrons. The van der Waals surface area contributed by atoms with Gasteiger partial charge in [0.2, 0.25) is 0 Å². The van der Waals surface area contributed by atoms with Crippen molar-refractivity contribution in [2.24, 2.45) is 0 Å². The van der Waals surface area contributed by atoms with E-state index in [0.29, 0.717) is 0 Å². The Morgan fingerprint density at radius 1 is 0.280 bits per heavy atom. The molecule has 25 heavy (non-hydrogen) atoms. The van der Waals surface area contributed by atoms with Gasteiger partial charge in [-0.25, -0.2) is 0 Å². The molecule has 0 unspecified atom stereocenters. The quantitative estimate of drug-likeness (QED) is 0.684. The fourth-order valence-corrected chi connectivity index (χ4v) is 12.0. The summed E-state index contributed by atoms with van der Waals surface area (Å²) >= 11 is 0. The van der Waals surface area contributed by atoms with Crippen LogP contribution < -0.4 is 0 Å². The summed E-state index contributed by atoms with van der Waals surface area (Å²) in [6.07, 6.45) is 17.3. The van der Waals surface area contributed by atoms with Gasteiger partial charge in [-0.1, -0.05) is 0 Å². The average Bonchev–Trinajstić information content (AvgIpc) is 2.72. The van der Waals surface area contributed by atoms with Crippen LogP contribution in [0.5, 0.6) is 0 Å². The van der Waals surface area contributed by atoms with Crippen LogP contribution in [0.3, 0.4) is 0 Å². The molecule has 4 fully saturated rings. The van der Waals surface area contributed by atoms with Crippen molar-refractivity contribution in [3.63, 3.8) is 0 Å². The molecular formula is C20H41N4P. The zero-order chi connectivity index (χ0) is 17.0. The number of hydrogen-bond donors (Lipinski definition) is 0. The molecule has 4 saturated heterocycles. The van der Waals surface area contributed by atoms with E-state index in [1.54, 1.807) is 0 Å². The van der Waals surface area contributed by atoms with Crippen LogP contribution in [-0.2, 0) is 0 Å². The molecule has 0 aromatic rings. The van der Waals surface area contributed by atoms with Crippen molar-refractivity contribution < 1.29 is 0 Å². The van der Waals surface area contributed by atoms with Gasteiger partial charge in [-0.3, -0.25) is 0 Å². The van der Waals surface area contributed by atoms with Gasteiger partial charge in [-0.2, -0.15) is 0 Å². The fourth-order valence-electron chi connectivity index (χ4n) is 5.98. The molecule has 0 spiro atoms. The van der Waals surface area contributed by atoms with E-state index in [0.717, 1.165) is 0 Å². The molecule has 4 aliphatic rings. The first-order chi connectivity index (χ1) is 12.4. The topological polar surface area (TPSA) is 13.0 Å². The summed E-state index contributed by atoms with van der Waals surface area (Å²) in [5.74, 6) is 0. The summed E-state index contributed by atoms with van der Waals surface area (Å²) in [5, 5.41) is 0. The third kappa shape index (κ3) is 3.80. The molecule has 4 nitrogen and oxygen atoms in total. The van der Waals surface area contributed by atoms with Gasteiger partial charge in [0, 0.05) is 0 Å². The molecule has 5 heteroatoms. The van der Waals surface area contributed by atoms with E-state index >= 15 is 0 Å². The normalized spacial score (nSPS) is 30.4. The fraction of sp³-hybridized carbons (Fsp3) is 1.00. The minimum absolute atomic E-state index is 1.37. The molecule has 0 aliphatic carbocycles. The molecule has 0 amide bonds. The van der Waals surface area contributed by atoms with Crippen LogP contribution in [0.4, 0.5) is 0 Å². The monoisotopic (exact) mass is 368 g/mol. The molecular weight excluding hydrogens is 327 g/mol. The van der Waals surface area contributed by atoms with E-state index in [-0.39, 0.29) is 0 Å². The van der Waals surface area contributed by atoms with Gasteiger partial charge in [0.25, 0.3) is 0 Å².